The second-order valence-electron chi connectivity index (χ2n) is 3.22. The molecule has 1 fully saturated rings. The van der Waals surface area contributed by atoms with E-state index in [-0.39, 0.29) is 5.91 Å². The number of amides is 1. The summed E-state index contributed by atoms with van der Waals surface area (Å²) in [7, 11) is 0. The van der Waals surface area contributed by atoms with Crippen molar-refractivity contribution in [3.63, 3.8) is 0 Å². The van der Waals surface area contributed by atoms with Crippen LogP contribution in [0.3, 0.4) is 0 Å². The summed E-state index contributed by atoms with van der Waals surface area (Å²) in [5.41, 5.74) is 0. The summed E-state index contributed by atoms with van der Waals surface area (Å²) in [5.74, 6) is 0.280. The van der Waals surface area contributed by atoms with Gasteiger partial charge in [-0.05, 0) is 12.8 Å². The predicted octanol–water partition coefficient (Wildman–Crippen LogP) is 2.31. The van der Waals surface area contributed by atoms with Crippen LogP contribution in [0.25, 0.3) is 0 Å². The number of nitrogens with zero attached hydrogens (tertiary/aromatic N) is 1. The molecule has 0 aromatic carbocycles. The zero-order chi connectivity index (χ0) is 8.81. The van der Waals surface area contributed by atoms with Crippen molar-refractivity contribution < 1.29 is 4.79 Å². The summed E-state index contributed by atoms with van der Waals surface area (Å²) in [6.07, 6.45) is 9.35. The summed E-state index contributed by atoms with van der Waals surface area (Å²) in [4.78, 5) is 12.9. The van der Waals surface area contributed by atoms with Crippen LogP contribution < -0.4 is 0 Å². The van der Waals surface area contributed by atoms with Crippen LogP contribution in [-0.4, -0.2) is 17.4 Å². The van der Waals surface area contributed by atoms with Gasteiger partial charge in [0.15, 0.2) is 0 Å². The van der Waals surface area contributed by atoms with Gasteiger partial charge in [0.2, 0.25) is 5.91 Å². The largest absolute Gasteiger partial charge is 0.319 e. The van der Waals surface area contributed by atoms with Crippen molar-refractivity contribution in [2.45, 2.75) is 39.0 Å². The van der Waals surface area contributed by atoms with Gasteiger partial charge in [-0.15, -0.1) is 0 Å². The average molecular weight is 167 g/mol. The summed E-state index contributed by atoms with van der Waals surface area (Å²) in [6.45, 7) is 3.09. The van der Waals surface area contributed by atoms with Crippen molar-refractivity contribution >= 4 is 5.91 Å². The number of unbranched alkanes of at least 4 members (excludes halogenated alkanes) is 2. The van der Waals surface area contributed by atoms with Crippen molar-refractivity contribution in [3.05, 3.63) is 12.3 Å². The summed E-state index contributed by atoms with van der Waals surface area (Å²) >= 11 is 0. The maximum atomic E-state index is 11.1. The molecule has 2 nitrogen and oxygen atoms in total. The Hall–Kier alpha value is -0.790. The molecule has 0 atom stereocenters. The first-order valence-corrected chi connectivity index (χ1v) is 4.80. The van der Waals surface area contributed by atoms with E-state index in [1.807, 2.05) is 11.1 Å². The van der Waals surface area contributed by atoms with Crippen LogP contribution in [0.4, 0.5) is 0 Å². The average Bonchev–Trinajstić information content (AvgIpc) is 2.46. The molecule has 1 saturated heterocycles. The number of likely N-dealkylation sites (tertiary alicyclic amines) is 1. The molecule has 1 aliphatic heterocycles. The first-order valence-electron chi connectivity index (χ1n) is 4.80. The Morgan fingerprint density at radius 3 is 3.00 bits per heavy atom. The highest BCUT2D eigenvalue weighted by molar-refractivity contribution is 5.79. The molecule has 0 aromatic rings. The van der Waals surface area contributed by atoms with E-state index in [2.05, 4.69) is 13.0 Å². The second kappa shape index (κ2) is 4.96. The van der Waals surface area contributed by atoms with Crippen molar-refractivity contribution in [3.8, 4) is 0 Å². The molecule has 2 heteroatoms. The Balaban J connectivity index is 2.20. The summed E-state index contributed by atoms with van der Waals surface area (Å²) in [5, 5.41) is 0. The Morgan fingerprint density at radius 2 is 2.42 bits per heavy atom. The Kier molecular flexibility index (Phi) is 3.85. The molecule has 0 unspecified atom stereocenters. The number of hydrogen-bond acceptors (Lipinski definition) is 1. The topological polar surface area (TPSA) is 20.3 Å². The van der Waals surface area contributed by atoms with E-state index in [1.165, 1.54) is 12.8 Å². The van der Waals surface area contributed by atoms with E-state index in [9.17, 15) is 4.79 Å². The van der Waals surface area contributed by atoms with Crippen LogP contribution in [0.1, 0.15) is 39.0 Å². The highest BCUT2D eigenvalue weighted by Crippen LogP contribution is 2.10. The van der Waals surface area contributed by atoms with E-state index in [4.69, 9.17) is 0 Å². The molecule has 0 bridgehead atoms. The molecule has 1 heterocycles. The molecule has 0 N–H and O–H groups in total. The highest BCUT2D eigenvalue weighted by Gasteiger charge is 2.16. The first kappa shape index (κ1) is 9.30. The third kappa shape index (κ3) is 2.68. The van der Waals surface area contributed by atoms with E-state index >= 15 is 0 Å². The fourth-order valence-electron chi connectivity index (χ4n) is 1.35. The minimum Gasteiger partial charge on any atom is -0.319 e. The smallest absolute Gasteiger partial charge is 0.226 e. The molecule has 68 valence electrons. The van der Waals surface area contributed by atoms with E-state index in [0.29, 0.717) is 0 Å². The molecular formula is C10H17NO. The number of rotatable bonds is 4. The lowest BCUT2D eigenvalue weighted by molar-refractivity contribution is -0.125. The minimum absolute atomic E-state index is 0.280. The highest BCUT2D eigenvalue weighted by atomic mass is 16.2. The van der Waals surface area contributed by atoms with Crippen LogP contribution >= 0.6 is 0 Å². The maximum Gasteiger partial charge on any atom is 0.226 e. The van der Waals surface area contributed by atoms with Crippen LogP contribution in [0.5, 0.6) is 0 Å². The normalized spacial score (nSPS) is 18.1. The summed E-state index contributed by atoms with van der Waals surface area (Å²) < 4.78 is 0. The zero-order valence-corrected chi connectivity index (χ0v) is 7.75. The number of carbonyl (C=O) groups excluding carboxylic acids is 1. The van der Waals surface area contributed by atoms with Gasteiger partial charge in [-0.3, -0.25) is 4.79 Å². The van der Waals surface area contributed by atoms with Crippen LogP contribution in [-0.2, 0) is 4.79 Å². The summed E-state index contributed by atoms with van der Waals surface area (Å²) in [6, 6.07) is 0. The Bertz CT molecular complexity index is 175. The molecule has 0 spiro atoms. The predicted molar refractivity (Wildman–Crippen MR) is 49.6 cm³/mol. The van der Waals surface area contributed by atoms with Gasteiger partial charge in [-0.2, -0.15) is 0 Å². The third-order valence-corrected chi connectivity index (χ3v) is 2.12. The Labute approximate surface area is 74.2 Å². The van der Waals surface area contributed by atoms with Gasteiger partial charge >= 0.3 is 0 Å². The van der Waals surface area contributed by atoms with E-state index in [0.717, 1.165) is 25.8 Å². The van der Waals surface area contributed by atoms with Crippen molar-refractivity contribution in [2.24, 2.45) is 0 Å². The fourth-order valence-corrected chi connectivity index (χ4v) is 1.35. The molecule has 1 rings (SSSR count). The quantitative estimate of drug-likeness (QED) is 0.588. The van der Waals surface area contributed by atoms with Crippen molar-refractivity contribution in [2.75, 3.05) is 6.54 Å². The molecule has 0 aliphatic carbocycles. The molecular weight excluding hydrogens is 150 g/mol. The minimum atomic E-state index is 0.280. The second-order valence-corrected chi connectivity index (χ2v) is 3.22. The maximum absolute atomic E-state index is 11.1. The van der Waals surface area contributed by atoms with Gasteiger partial charge < -0.3 is 4.90 Å². The molecule has 0 aromatic heterocycles. The van der Waals surface area contributed by atoms with Gasteiger partial charge in [0.05, 0.1) is 0 Å². The van der Waals surface area contributed by atoms with Gasteiger partial charge in [-0.1, -0.05) is 25.8 Å². The number of carbonyl (C=O) groups is 1. The lowest BCUT2D eigenvalue weighted by atomic mass is 10.2. The Morgan fingerprint density at radius 1 is 1.58 bits per heavy atom. The fraction of sp³-hybridized carbons (Fsp3) is 0.700. The first-order chi connectivity index (χ1) is 5.84. The van der Waals surface area contributed by atoms with Crippen LogP contribution in [0, 0.1) is 0 Å². The van der Waals surface area contributed by atoms with Crippen LogP contribution in [0.15, 0.2) is 12.3 Å². The zero-order valence-electron chi connectivity index (χ0n) is 7.75. The van der Waals surface area contributed by atoms with Crippen molar-refractivity contribution in [1.82, 2.24) is 4.90 Å². The number of hydrogen-bond donors (Lipinski definition) is 0. The standard InChI is InChI=1S/C10H17NO/c1-2-3-4-5-8-11-9-6-7-10(11)12/h5,8H,2-4,6-7,9H2,1H3/b8-5-. The lowest BCUT2D eigenvalue weighted by Crippen LogP contribution is -2.17. The number of allylic oxidation sites excluding steroid dienone is 1. The molecule has 0 saturated carbocycles. The molecule has 0 radical (unpaired) electrons. The monoisotopic (exact) mass is 167 g/mol. The lowest BCUT2D eigenvalue weighted by Gasteiger charge is -2.07. The third-order valence-electron chi connectivity index (χ3n) is 2.12. The van der Waals surface area contributed by atoms with E-state index in [1.54, 1.807) is 0 Å². The van der Waals surface area contributed by atoms with Gasteiger partial charge in [0.25, 0.3) is 0 Å². The molecule has 1 aliphatic rings. The van der Waals surface area contributed by atoms with Gasteiger partial charge in [0.1, 0.15) is 0 Å². The van der Waals surface area contributed by atoms with Gasteiger partial charge in [-0.25, -0.2) is 0 Å². The van der Waals surface area contributed by atoms with Crippen molar-refractivity contribution in [1.29, 1.82) is 0 Å². The van der Waals surface area contributed by atoms with Crippen LogP contribution in [0.2, 0.25) is 0 Å². The van der Waals surface area contributed by atoms with Gasteiger partial charge in [0, 0.05) is 19.2 Å². The molecule has 12 heavy (non-hydrogen) atoms. The SMILES string of the molecule is CCCC/C=C\N1CCCC1=O. The van der Waals surface area contributed by atoms with E-state index < -0.39 is 0 Å². The molecule has 1 amide bonds.